The molecule has 1 aromatic heterocycles. The molecule has 0 aliphatic heterocycles. The summed E-state index contributed by atoms with van der Waals surface area (Å²) in [4.78, 5) is 11.0. The van der Waals surface area contributed by atoms with Crippen LogP contribution in [0.5, 0.6) is 0 Å². The third kappa shape index (κ3) is 2.32. The molecular weight excluding hydrogens is 243 g/mol. The quantitative estimate of drug-likeness (QED) is 0.674. The van der Waals surface area contributed by atoms with Gasteiger partial charge in [-0.3, -0.25) is 10.1 Å². The number of nitro groups is 1. The summed E-state index contributed by atoms with van der Waals surface area (Å²) < 4.78 is 13.1. The van der Waals surface area contributed by atoms with E-state index in [1.165, 1.54) is 11.3 Å². The number of hydrogen-bond acceptors (Lipinski definition) is 4. The van der Waals surface area contributed by atoms with Gasteiger partial charge >= 0.3 is 0 Å². The van der Waals surface area contributed by atoms with Gasteiger partial charge in [0.1, 0.15) is 5.82 Å². The highest BCUT2D eigenvalue weighted by molar-refractivity contribution is 7.10. The molecule has 0 saturated carbocycles. The Morgan fingerprint density at radius 3 is 2.76 bits per heavy atom. The molecule has 0 bridgehead atoms. The molecule has 88 valence electrons. The van der Waals surface area contributed by atoms with Crippen LogP contribution < -0.4 is 5.73 Å². The molecule has 4 nitrogen and oxygen atoms in total. The average molecular weight is 252 g/mol. The van der Waals surface area contributed by atoms with E-state index in [0.717, 1.165) is 23.1 Å². The summed E-state index contributed by atoms with van der Waals surface area (Å²) >= 11 is 1.38. The van der Waals surface area contributed by atoms with Crippen molar-refractivity contribution in [1.29, 1.82) is 0 Å². The topological polar surface area (TPSA) is 69.2 Å². The summed E-state index contributed by atoms with van der Waals surface area (Å²) in [5.74, 6) is -0.530. The highest BCUT2D eigenvalue weighted by Crippen LogP contribution is 2.30. The van der Waals surface area contributed by atoms with E-state index in [1.54, 1.807) is 12.1 Å². The molecule has 0 spiro atoms. The maximum atomic E-state index is 13.1. The predicted octanol–water partition coefficient (Wildman–Crippen LogP) is 2.84. The summed E-state index contributed by atoms with van der Waals surface area (Å²) in [6.07, 6.45) is 0. The molecule has 0 aliphatic rings. The Kier molecular flexibility index (Phi) is 3.16. The van der Waals surface area contributed by atoms with Crippen LogP contribution in [0.1, 0.15) is 16.5 Å². The number of nitro benzene ring substituents is 1. The highest BCUT2D eigenvalue weighted by Gasteiger charge is 2.21. The Labute approximate surface area is 101 Å². The molecular formula is C11H9FN2O2S. The van der Waals surface area contributed by atoms with Gasteiger partial charge in [-0.05, 0) is 23.6 Å². The van der Waals surface area contributed by atoms with Crippen LogP contribution in [0, 0.1) is 15.9 Å². The van der Waals surface area contributed by atoms with Crippen molar-refractivity contribution in [3.63, 3.8) is 0 Å². The van der Waals surface area contributed by atoms with Crippen molar-refractivity contribution in [2.24, 2.45) is 5.73 Å². The fourth-order valence-corrected chi connectivity index (χ4v) is 2.31. The minimum Gasteiger partial charge on any atom is -0.319 e. The SMILES string of the molecule is N[C@H](c1cccs1)c1cc(F)ccc1[N+](=O)[O-]. The van der Waals surface area contributed by atoms with Gasteiger partial charge in [-0.2, -0.15) is 0 Å². The molecule has 0 fully saturated rings. The van der Waals surface area contributed by atoms with Crippen molar-refractivity contribution in [3.05, 3.63) is 62.1 Å². The zero-order valence-corrected chi connectivity index (χ0v) is 9.49. The molecule has 0 radical (unpaired) electrons. The van der Waals surface area contributed by atoms with Crippen molar-refractivity contribution in [2.45, 2.75) is 6.04 Å². The van der Waals surface area contributed by atoms with Gasteiger partial charge in [0.25, 0.3) is 5.69 Å². The van der Waals surface area contributed by atoms with E-state index in [4.69, 9.17) is 5.73 Å². The monoisotopic (exact) mass is 252 g/mol. The normalized spacial score (nSPS) is 12.4. The molecule has 0 saturated heterocycles. The summed E-state index contributed by atoms with van der Waals surface area (Å²) in [5, 5.41) is 12.7. The van der Waals surface area contributed by atoms with E-state index in [0.29, 0.717) is 0 Å². The summed E-state index contributed by atoms with van der Waals surface area (Å²) in [6.45, 7) is 0. The predicted molar refractivity (Wildman–Crippen MR) is 63.4 cm³/mol. The van der Waals surface area contributed by atoms with Gasteiger partial charge in [0, 0.05) is 10.9 Å². The van der Waals surface area contributed by atoms with Gasteiger partial charge in [-0.1, -0.05) is 6.07 Å². The molecule has 1 heterocycles. The van der Waals surface area contributed by atoms with Gasteiger partial charge in [0.15, 0.2) is 0 Å². The Balaban J connectivity index is 2.50. The summed E-state index contributed by atoms with van der Waals surface area (Å²) in [7, 11) is 0. The second-order valence-electron chi connectivity index (χ2n) is 3.45. The fourth-order valence-electron chi connectivity index (χ4n) is 1.56. The van der Waals surface area contributed by atoms with Crippen molar-refractivity contribution in [2.75, 3.05) is 0 Å². The number of rotatable bonds is 3. The average Bonchev–Trinajstić information content (AvgIpc) is 2.80. The lowest BCUT2D eigenvalue weighted by molar-refractivity contribution is -0.385. The van der Waals surface area contributed by atoms with Crippen LogP contribution in [0.4, 0.5) is 10.1 Å². The zero-order chi connectivity index (χ0) is 12.4. The minimum atomic E-state index is -0.675. The van der Waals surface area contributed by atoms with Gasteiger partial charge in [-0.15, -0.1) is 11.3 Å². The Bertz CT molecular complexity index is 542. The summed E-state index contributed by atoms with van der Waals surface area (Å²) in [6, 6.07) is 6.20. The van der Waals surface area contributed by atoms with Crippen LogP contribution in [0.3, 0.4) is 0 Å². The molecule has 0 unspecified atom stereocenters. The van der Waals surface area contributed by atoms with E-state index in [9.17, 15) is 14.5 Å². The second-order valence-corrected chi connectivity index (χ2v) is 4.43. The molecule has 0 aliphatic carbocycles. The minimum absolute atomic E-state index is 0.160. The number of nitrogens with two attached hydrogens (primary N) is 1. The molecule has 0 amide bonds. The number of benzene rings is 1. The van der Waals surface area contributed by atoms with E-state index in [-0.39, 0.29) is 11.3 Å². The molecule has 2 rings (SSSR count). The van der Waals surface area contributed by atoms with Gasteiger partial charge < -0.3 is 5.73 Å². The lowest BCUT2D eigenvalue weighted by Crippen LogP contribution is -2.12. The molecule has 2 aromatic rings. The molecule has 2 N–H and O–H groups in total. The van der Waals surface area contributed by atoms with Crippen LogP contribution >= 0.6 is 11.3 Å². The first kappa shape index (κ1) is 11.7. The first-order valence-electron chi connectivity index (χ1n) is 4.82. The maximum Gasteiger partial charge on any atom is 0.274 e. The van der Waals surface area contributed by atoms with E-state index < -0.39 is 16.8 Å². The van der Waals surface area contributed by atoms with Crippen LogP contribution in [0.25, 0.3) is 0 Å². The third-order valence-electron chi connectivity index (χ3n) is 2.37. The standard InChI is InChI=1S/C11H9FN2O2S/c12-7-3-4-9(14(15)16)8(6-7)11(13)10-2-1-5-17-10/h1-6,11H,13H2/t11-/m0/s1. The van der Waals surface area contributed by atoms with Crippen LogP contribution in [-0.4, -0.2) is 4.92 Å². The van der Waals surface area contributed by atoms with Gasteiger partial charge in [0.2, 0.25) is 0 Å². The smallest absolute Gasteiger partial charge is 0.274 e. The van der Waals surface area contributed by atoms with Gasteiger partial charge in [0.05, 0.1) is 16.5 Å². The second kappa shape index (κ2) is 4.60. The van der Waals surface area contributed by atoms with Crippen molar-refractivity contribution < 1.29 is 9.31 Å². The van der Waals surface area contributed by atoms with E-state index >= 15 is 0 Å². The first-order chi connectivity index (χ1) is 8.09. The number of thiophene rings is 1. The molecule has 1 atom stereocenters. The Morgan fingerprint density at radius 1 is 1.41 bits per heavy atom. The molecule has 1 aromatic carbocycles. The van der Waals surface area contributed by atoms with Crippen molar-refractivity contribution in [1.82, 2.24) is 0 Å². The lowest BCUT2D eigenvalue weighted by Gasteiger charge is -2.10. The zero-order valence-electron chi connectivity index (χ0n) is 8.67. The summed E-state index contributed by atoms with van der Waals surface area (Å²) in [5.41, 5.74) is 5.94. The Morgan fingerprint density at radius 2 is 2.18 bits per heavy atom. The number of halogens is 1. The maximum absolute atomic E-state index is 13.1. The van der Waals surface area contributed by atoms with E-state index in [2.05, 4.69) is 0 Å². The molecule has 6 heteroatoms. The van der Waals surface area contributed by atoms with Crippen LogP contribution in [0.15, 0.2) is 35.7 Å². The fraction of sp³-hybridized carbons (Fsp3) is 0.0909. The molecule has 17 heavy (non-hydrogen) atoms. The number of nitrogens with zero attached hydrogens (tertiary/aromatic N) is 1. The first-order valence-corrected chi connectivity index (χ1v) is 5.70. The van der Waals surface area contributed by atoms with Crippen molar-refractivity contribution in [3.8, 4) is 0 Å². The van der Waals surface area contributed by atoms with Crippen LogP contribution in [-0.2, 0) is 0 Å². The third-order valence-corrected chi connectivity index (χ3v) is 3.33. The highest BCUT2D eigenvalue weighted by atomic mass is 32.1. The largest absolute Gasteiger partial charge is 0.319 e. The van der Waals surface area contributed by atoms with Crippen LogP contribution in [0.2, 0.25) is 0 Å². The van der Waals surface area contributed by atoms with Crippen molar-refractivity contribution >= 4 is 17.0 Å². The van der Waals surface area contributed by atoms with E-state index in [1.807, 2.05) is 5.38 Å². The Hall–Kier alpha value is -1.79. The van der Waals surface area contributed by atoms with Gasteiger partial charge in [-0.25, -0.2) is 4.39 Å². The lowest BCUT2D eigenvalue weighted by atomic mass is 10.0. The number of hydrogen-bond donors (Lipinski definition) is 1.